The van der Waals surface area contributed by atoms with Crippen molar-refractivity contribution in [3.8, 4) is 0 Å². The molecule has 0 spiro atoms. The molecule has 0 aliphatic carbocycles. The first-order valence-electron chi connectivity index (χ1n) is 2.60. The average molecular weight is 292 g/mol. The van der Waals surface area contributed by atoms with Gasteiger partial charge in [-0.25, -0.2) is 0 Å². The minimum Gasteiger partial charge on any atom is -0.358 e. The van der Waals surface area contributed by atoms with Crippen molar-refractivity contribution in [1.82, 2.24) is 5.32 Å². The van der Waals surface area contributed by atoms with Gasteiger partial charge in [-0.15, -0.1) is 6.54 Å². The number of rotatable bonds is 3. The molecule has 0 aromatic heterocycles. The van der Waals surface area contributed by atoms with Gasteiger partial charge < -0.3 is 26.6 Å². The van der Waals surface area contributed by atoms with E-state index < -0.39 is 0 Å². The van der Waals surface area contributed by atoms with Crippen molar-refractivity contribution >= 4 is 0 Å². The topological polar surface area (TPSA) is 12.0 Å². The Morgan fingerprint density at radius 3 is 2.00 bits per heavy atom. The zero-order valence-electron chi connectivity index (χ0n) is 7.06. The van der Waals surface area contributed by atoms with Crippen LogP contribution in [-0.2, 0) is 65.4 Å². The third-order valence-electron chi connectivity index (χ3n) is 0.670. The molecular weight excluding hydrogens is 276 g/mol. The molecule has 1 N–H and O–H groups in total. The summed E-state index contributed by atoms with van der Waals surface area (Å²) in [6, 6.07) is 0. The van der Waals surface area contributed by atoms with Gasteiger partial charge in [0.2, 0.25) is 0 Å². The smallest absolute Gasteiger partial charge is 0.358 e. The number of hydrogen-bond donors (Lipinski definition) is 1. The van der Waals surface area contributed by atoms with Crippen molar-refractivity contribution in [2.75, 3.05) is 13.1 Å². The normalized spacial score (nSPS) is 9.90. The van der Waals surface area contributed by atoms with E-state index in [0.717, 1.165) is 13.1 Å². The molecular formula is C7H16NY2. The summed E-state index contributed by atoms with van der Waals surface area (Å²) in [7, 11) is 0. The van der Waals surface area contributed by atoms with E-state index in [0.29, 0.717) is 5.92 Å². The SMILES string of the molecule is [CH2-]CNC[C@H]([CH2-])C.[CH3-].[Y+3].[Y]. The fourth-order valence-corrected chi connectivity index (χ4v) is 0.348. The monoisotopic (exact) mass is 292 g/mol. The molecule has 0 saturated carbocycles. The second-order valence-electron chi connectivity index (χ2n) is 1.81. The summed E-state index contributed by atoms with van der Waals surface area (Å²) in [5.74, 6) is 0.502. The molecule has 55 valence electrons. The summed E-state index contributed by atoms with van der Waals surface area (Å²) in [5.41, 5.74) is 0. The summed E-state index contributed by atoms with van der Waals surface area (Å²) in [5, 5.41) is 3.07. The molecule has 0 aromatic rings. The fourth-order valence-electron chi connectivity index (χ4n) is 0.348. The molecule has 10 heavy (non-hydrogen) atoms. The van der Waals surface area contributed by atoms with Crippen molar-refractivity contribution in [3.05, 3.63) is 21.3 Å². The molecule has 0 aliphatic rings. The first-order valence-corrected chi connectivity index (χ1v) is 2.60. The van der Waals surface area contributed by atoms with Crippen LogP contribution in [0.3, 0.4) is 0 Å². The molecule has 1 nitrogen and oxygen atoms in total. The van der Waals surface area contributed by atoms with E-state index in [1.807, 2.05) is 0 Å². The second kappa shape index (κ2) is 17.3. The molecule has 0 fully saturated rings. The molecule has 0 bridgehead atoms. The molecule has 0 aromatic carbocycles. The Hall–Kier alpha value is 2.17. The van der Waals surface area contributed by atoms with Gasteiger partial charge in [-0.05, 0) is 6.54 Å². The van der Waals surface area contributed by atoms with Crippen LogP contribution in [-0.4, -0.2) is 13.1 Å². The third-order valence-corrected chi connectivity index (χ3v) is 0.670. The predicted octanol–water partition coefficient (Wildman–Crippen LogP) is 1.33. The number of nitrogens with one attached hydrogen (secondary N) is 1. The van der Waals surface area contributed by atoms with E-state index in [1.54, 1.807) is 0 Å². The second-order valence-corrected chi connectivity index (χ2v) is 1.81. The summed E-state index contributed by atoms with van der Waals surface area (Å²) in [6.07, 6.45) is 0. The summed E-state index contributed by atoms with van der Waals surface area (Å²) < 4.78 is 0. The van der Waals surface area contributed by atoms with E-state index >= 15 is 0 Å². The van der Waals surface area contributed by atoms with Crippen molar-refractivity contribution in [3.63, 3.8) is 0 Å². The Bertz CT molecular complexity index is 40.6. The maximum absolute atomic E-state index is 3.79. The van der Waals surface area contributed by atoms with Crippen LogP contribution >= 0.6 is 0 Å². The molecule has 3 heteroatoms. The summed E-state index contributed by atoms with van der Waals surface area (Å²) >= 11 is 0. The van der Waals surface area contributed by atoms with Crippen LogP contribution in [0.4, 0.5) is 0 Å². The number of hydrogen-bond acceptors (Lipinski definition) is 1. The van der Waals surface area contributed by atoms with Crippen LogP contribution in [0, 0.1) is 27.2 Å². The van der Waals surface area contributed by atoms with E-state index in [-0.39, 0.29) is 72.8 Å². The fraction of sp³-hybridized carbons (Fsp3) is 0.571. The van der Waals surface area contributed by atoms with Gasteiger partial charge in [0, 0.05) is 32.7 Å². The largest absolute Gasteiger partial charge is 3.00 e. The average Bonchev–Trinajstić information content (AvgIpc) is 1.61. The van der Waals surface area contributed by atoms with Crippen molar-refractivity contribution in [2.45, 2.75) is 6.92 Å². The zero-order chi connectivity index (χ0) is 5.70. The summed E-state index contributed by atoms with van der Waals surface area (Å²) in [4.78, 5) is 0. The van der Waals surface area contributed by atoms with E-state index in [1.165, 1.54) is 0 Å². The molecule has 0 amide bonds. The Morgan fingerprint density at radius 2 is 1.90 bits per heavy atom. The minimum atomic E-state index is 0. The quantitative estimate of drug-likeness (QED) is 0.774. The van der Waals surface area contributed by atoms with E-state index in [2.05, 4.69) is 26.1 Å². The van der Waals surface area contributed by atoms with Crippen molar-refractivity contribution < 1.29 is 65.4 Å². The third kappa shape index (κ3) is 22.5. The maximum atomic E-state index is 3.79. The van der Waals surface area contributed by atoms with Gasteiger partial charge in [-0.1, -0.05) is 6.92 Å². The van der Waals surface area contributed by atoms with Gasteiger partial charge in [0.05, 0.1) is 0 Å². The van der Waals surface area contributed by atoms with E-state index in [9.17, 15) is 0 Å². The molecule has 0 heterocycles. The van der Waals surface area contributed by atoms with Gasteiger partial charge in [0.15, 0.2) is 0 Å². The van der Waals surface area contributed by atoms with E-state index in [4.69, 9.17) is 0 Å². The molecule has 1 radical (unpaired) electrons. The van der Waals surface area contributed by atoms with Gasteiger partial charge in [0.1, 0.15) is 0 Å². The van der Waals surface area contributed by atoms with Crippen molar-refractivity contribution in [1.29, 1.82) is 0 Å². The van der Waals surface area contributed by atoms with Crippen molar-refractivity contribution in [2.24, 2.45) is 5.92 Å². The molecule has 0 rings (SSSR count). The zero-order valence-corrected chi connectivity index (χ0v) is 12.7. The first kappa shape index (κ1) is 22.7. The van der Waals surface area contributed by atoms with Gasteiger partial charge in [0.25, 0.3) is 0 Å². The van der Waals surface area contributed by atoms with Crippen LogP contribution in [0.25, 0.3) is 0 Å². The van der Waals surface area contributed by atoms with Gasteiger partial charge >= 0.3 is 32.7 Å². The van der Waals surface area contributed by atoms with Crippen LogP contribution in [0.15, 0.2) is 0 Å². The Balaban J connectivity index is -0.0000000600. The van der Waals surface area contributed by atoms with Crippen LogP contribution in [0.5, 0.6) is 0 Å². The minimum absolute atomic E-state index is 0. The van der Waals surface area contributed by atoms with Gasteiger partial charge in [-0.2, -0.15) is 5.92 Å². The standard InChI is InChI=1S/C6H13N.CH3.2Y/c1-4-7-5-6(2)3;;;/h6-7H,1-2,4-5H2,3H3;1H3;;/q-2;-1;;+3/t6-;;;/m1.../s1. The van der Waals surface area contributed by atoms with Gasteiger partial charge in [-0.3, -0.25) is 0 Å². The van der Waals surface area contributed by atoms with Crippen LogP contribution in [0.2, 0.25) is 0 Å². The molecule has 1 atom stereocenters. The predicted molar refractivity (Wildman–Crippen MR) is 39.2 cm³/mol. The van der Waals surface area contributed by atoms with Crippen LogP contribution in [0.1, 0.15) is 6.92 Å². The summed E-state index contributed by atoms with van der Waals surface area (Å²) in [6.45, 7) is 11.3. The maximum Gasteiger partial charge on any atom is 3.00 e. The first-order chi connectivity index (χ1) is 3.27. The Labute approximate surface area is 116 Å². The molecule has 0 saturated heterocycles. The Morgan fingerprint density at radius 1 is 1.50 bits per heavy atom. The Kier molecular flexibility index (Phi) is 39.4. The molecule has 0 unspecified atom stereocenters. The van der Waals surface area contributed by atoms with Crippen LogP contribution < -0.4 is 5.32 Å². The molecule has 0 aliphatic heterocycles.